The third-order valence-corrected chi connectivity index (χ3v) is 11.2. The van der Waals surface area contributed by atoms with E-state index >= 15 is 0 Å². The summed E-state index contributed by atoms with van der Waals surface area (Å²) in [5.74, 6) is 0. The summed E-state index contributed by atoms with van der Waals surface area (Å²) in [7, 11) is 0. The Morgan fingerprint density at radius 3 is 1.65 bits per heavy atom. The van der Waals surface area contributed by atoms with Gasteiger partial charge in [-0.25, -0.2) is 0 Å². The maximum absolute atomic E-state index is 6.23. The van der Waals surface area contributed by atoms with Crippen LogP contribution in [0, 0.1) is 0 Å². The van der Waals surface area contributed by atoms with Crippen LogP contribution in [0.1, 0.15) is 0 Å². The van der Waals surface area contributed by atoms with Gasteiger partial charge in [0.2, 0.25) is 0 Å². The minimum Gasteiger partial charge on any atom is -0.456 e. The van der Waals surface area contributed by atoms with E-state index in [-0.39, 0.29) is 0 Å². The standard InChI is InChI=1S/C54H36N2O/c1-2-14-37(15-3-1)40-17-11-19-43(35-40)55(44-20-12-21-45(36-44)56-50-26-7-4-22-47(50)48-23-5-8-27-51(48)56)42-32-30-38(31-33-42)39-16-10-18-41(34-39)46-25-13-29-53-54(46)49-24-6-9-28-52(49)57-53/h1-36H. The Kier molecular flexibility index (Phi) is 7.82. The largest absolute Gasteiger partial charge is 0.456 e. The lowest BCUT2D eigenvalue weighted by atomic mass is 9.96. The molecule has 0 spiro atoms. The summed E-state index contributed by atoms with van der Waals surface area (Å²) in [5, 5.41) is 4.79. The maximum Gasteiger partial charge on any atom is 0.136 e. The number of nitrogens with zero attached hydrogens (tertiary/aromatic N) is 2. The molecule has 2 aromatic heterocycles. The Morgan fingerprint density at radius 1 is 0.333 bits per heavy atom. The second kappa shape index (κ2) is 13.6. The number of hydrogen-bond acceptors (Lipinski definition) is 2. The number of fused-ring (bicyclic) bond motifs is 6. The highest BCUT2D eigenvalue weighted by molar-refractivity contribution is 6.12. The van der Waals surface area contributed by atoms with Crippen molar-refractivity contribution in [1.82, 2.24) is 4.57 Å². The molecule has 0 aliphatic heterocycles. The monoisotopic (exact) mass is 728 g/mol. The van der Waals surface area contributed by atoms with Gasteiger partial charge < -0.3 is 13.9 Å². The fraction of sp³-hybridized carbons (Fsp3) is 0. The highest BCUT2D eigenvalue weighted by Gasteiger charge is 2.18. The number of rotatable bonds is 7. The molecule has 11 aromatic rings. The minimum absolute atomic E-state index is 0.905. The molecule has 2 heterocycles. The fourth-order valence-corrected chi connectivity index (χ4v) is 8.56. The number of hydrogen-bond donors (Lipinski definition) is 0. The van der Waals surface area contributed by atoms with Crippen LogP contribution >= 0.6 is 0 Å². The second-order valence-electron chi connectivity index (χ2n) is 14.5. The molecule has 0 unspecified atom stereocenters. The number of furan rings is 1. The first kappa shape index (κ1) is 32.8. The van der Waals surface area contributed by atoms with E-state index in [2.05, 4.69) is 216 Å². The average Bonchev–Trinajstić information content (AvgIpc) is 3.84. The summed E-state index contributed by atoms with van der Waals surface area (Å²) < 4.78 is 8.62. The van der Waals surface area contributed by atoms with Crippen molar-refractivity contribution >= 4 is 60.8 Å². The van der Waals surface area contributed by atoms with Gasteiger partial charge in [-0.05, 0) is 106 Å². The van der Waals surface area contributed by atoms with E-state index in [4.69, 9.17) is 4.42 Å². The maximum atomic E-state index is 6.23. The zero-order valence-electron chi connectivity index (χ0n) is 31.1. The van der Waals surface area contributed by atoms with E-state index in [1.807, 2.05) is 12.1 Å². The molecule has 0 amide bonds. The van der Waals surface area contributed by atoms with E-state index in [1.165, 1.54) is 38.5 Å². The van der Waals surface area contributed by atoms with Gasteiger partial charge in [0.05, 0.1) is 11.0 Å². The lowest BCUT2D eigenvalue weighted by molar-refractivity contribution is 0.669. The van der Waals surface area contributed by atoms with Crippen molar-refractivity contribution < 1.29 is 4.42 Å². The molecule has 0 bridgehead atoms. The van der Waals surface area contributed by atoms with Gasteiger partial charge in [-0.1, -0.05) is 146 Å². The number of benzene rings is 9. The Bertz CT molecular complexity index is 3190. The van der Waals surface area contributed by atoms with Gasteiger partial charge >= 0.3 is 0 Å². The minimum atomic E-state index is 0.905. The van der Waals surface area contributed by atoms with Crippen molar-refractivity contribution in [2.24, 2.45) is 0 Å². The third-order valence-electron chi connectivity index (χ3n) is 11.2. The molecular weight excluding hydrogens is 693 g/mol. The fourth-order valence-electron chi connectivity index (χ4n) is 8.56. The topological polar surface area (TPSA) is 21.3 Å². The summed E-state index contributed by atoms with van der Waals surface area (Å²) in [6, 6.07) is 78.2. The molecule has 11 rings (SSSR count). The van der Waals surface area contributed by atoms with Crippen molar-refractivity contribution in [1.29, 1.82) is 0 Å². The van der Waals surface area contributed by atoms with Crippen LogP contribution < -0.4 is 4.90 Å². The van der Waals surface area contributed by atoms with E-state index in [0.717, 1.165) is 61.4 Å². The van der Waals surface area contributed by atoms with Crippen LogP contribution in [0.5, 0.6) is 0 Å². The van der Waals surface area contributed by atoms with E-state index in [1.54, 1.807) is 0 Å². The Balaban J connectivity index is 1.02. The number of anilines is 3. The first-order valence-electron chi connectivity index (χ1n) is 19.4. The first-order valence-corrected chi connectivity index (χ1v) is 19.4. The smallest absolute Gasteiger partial charge is 0.136 e. The van der Waals surface area contributed by atoms with Crippen LogP contribution in [0.3, 0.4) is 0 Å². The van der Waals surface area contributed by atoms with Gasteiger partial charge in [0, 0.05) is 44.3 Å². The lowest BCUT2D eigenvalue weighted by Crippen LogP contribution is -2.10. The summed E-state index contributed by atoms with van der Waals surface area (Å²) in [6.07, 6.45) is 0. The van der Waals surface area contributed by atoms with Crippen LogP contribution in [-0.4, -0.2) is 4.57 Å². The molecular formula is C54H36N2O. The Labute approximate surface area is 330 Å². The molecule has 0 aliphatic carbocycles. The predicted octanol–water partition coefficient (Wildman–Crippen LogP) is 15.2. The highest BCUT2D eigenvalue weighted by Crippen LogP contribution is 2.41. The van der Waals surface area contributed by atoms with E-state index < -0.39 is 0 Å². The van der Waals surface area contributed by atoms with Crippen LogP contribution in [0.25, 0.3) is 82.8 Å². The van der Waals surface area contributed by atoms with Crippen molar-refractivity contribution in [3.63, 3.8) is 0 Å². The quantitative estimate of drug-likeness (QED) is 0.163. The van der Waals surface area contributed by atoms with Gasteiger partial charge in [-0.2, -0.15) is 0 Å². The van der Waals surface area contributed by atoms with Gasteiger partial charge in [-0.15, -0.1) is 0 Å². The van der Waals surface area contributed by atoms with Crippen molar-refractivity contribution in [2.75, 3.05) is 4.90 Å². The van der Waals surface area contributed by atoms with Gasteiger partial charge in [-0.3, -0.25) is 0 Å². The van der Waals surface area contributed by atoms with Crippen molar-refractivity contribution in [3.05, 3.63) is 218 Å². The summed E-state index contributed by atoms with van der Waals surface area (Å²) in [6.45, 7) is 0. The molecule has 0 radical (unpaired) electrons. The lowest BCUT2D eigenvalue weighted by Gasteiger charge is -2.27. The van der Waals surface area contributed by atoms with E-state index in [0.29, 0.717) is 0 Å². The van der Waals surface area contributed by atoms with E-state index in [9.17, 15) is 0 Å². The molecule has 0 saturated heterocycles. The zero-order chi connectivity index (χ0) is 37.7. The molecule has 3 heteroatoms. The molecule has 3 nitrogen and oxygen atoms in total. The molecule has 9 aromatic carbocycles. The molecule has 0 fully saturated rings. The third kappa shape index (κ3) is 5.68. The molecule has 268 valence electrons. The SMILES string of the molecule is c1ccc(-c2cccc(N(c3ccc(-c4cccc(-c5cccc6oc7ccccc7c56)c4)cc3)c3cccc(-n4c5ccccc5c5ccccc54)c3)c2)cc1. The van der Waals surface area contributed by atoms with Gasteiger partial charge in [0.25, 0.3) is 0 Å². The Morgan fingerprint density at radius 2 is 0.877 bits per heavy atom. The molecule has 0 N–H and O–H groups in total. The highest BCUT2D eigenvalue weighted by atomic mass is 16.3. The molecule has 57 heavy (non-hydrogen) atoms. The van der Waals surface area contributed by atoms with Crippen LogP contribution in [0.15, 0.2) is 223 Å². The van der Waals surface area contributed by atoms with Gasteiger partial charge in [0.1, 0.15) is 11.2 Å². The van der Waals surface area contributed by atoms with Crippen molar-refractivity contribution in [2.45, 2.75) is 0 Å². The van der Waals surface area contributed by atoms with Crippen LogP contribution in [-0.2, 0) is 0 Å². The zero-order valence-corrected chi connectivity index (χ0v) is 31.1. The van der Waals surface area contributed by atoms with Crippen LogP contribution in [0.2, 0.25) is 0 Å². The normalized spacial score (nSPS) is 11.5. The van der Waals surface area contributed by atoms with Gasteiger partial charge in [0.15, 0.2) is 0 Å². The molecule has 0 atom stereocenters. The first-order chi connectivity index (χ1) is 28.3. The van der Waals surface area contributed by atoms with Crippen LogP contribution in [0.4, 0.5) is 17.1 Å². The summed E-state index contributed by atoms with van der Waals surface area (Å²) in [4.78, 5) is 2.37. The summed E-state index contributed by atoms with van der Waals surface area (Å²) >= 11 is 0. The van der Waals surface area contributed by atoms with Crippen molar-refractivity contribution in [3.8, 4) is 39.1 Å². The second-order valence-corrected chi connectivity index (χ2v) is 14.5. The summed E-state index contributed by atoms with van der Waals surface area (Å²) in [5.41, 5.74) is 15.6. The average molecular weight is 729 g/mol. The number of aromatic nitrogens is 1. The number of para-hydroxylation sites is 3. The Hall–Kier alpha value is -7.62. The molecule has 0 aliphatic rings. The predicted molar refractivity (Wildman–Crippen MR) is 239 cm³/mol. The molecule has 0 saturated carbocycles.